The molecule has 0 spiro atoms. The van der Waals surface area contributed by atoms with E-state index in [1.165, 1.54) is 12.1 Å². The van der Waals surface area contributed by atoms with E-state index in [1.54, 1.807) is 18.3 Å². The Morgan fingerprint density at radius 3 is 2.77 bits per heavy atom. The molecule has 3 rings (SSSR count). The van der Waals surface area contributed by atoms with Gasteiger partial charge in [0.1, 0.15) is 5.82 Å². The molecule has 0 saturated carbocycles. The summed E-state index contributed by atoms with van der Waals surface area (Å²) in [7, 11) is 0. The summed E-state index contributed by atoms with van der Waals surface area (Å²) in [6.07, 6.45) is 2.11. The third kappa shape index (κ3) is 2.98. The molecule has 1 amide bonds. The highest BCUT2D eigenvalue weighted by Crippen LogP contribution is 2.18. The van der Waals surface area contributed by atoms with Crippen LogP contribution >= 0.6 is 0 Å². The van der Waals surface area contributed by atoms with E-state index < -0.39 is 0 Å². The average Bonchev–Trinajstić information content (AvgIpc) is 2.92. The zero-order chi connectivity index (χ0) is 15.5. The van der Waals surface area contributed by atoms with Crippen molar-refractivity contribution in [3.63, 3.8) is 0 Å². The van der Waals surface area contributed by atoms with Crippen molar-refractivity contribution in [2.24, 2.45) is 0 Å². The molecule has 0 bridgehead atoms. The molecule has 1 aromatic heterocycles. The summed E-state index contributed by atoms with van der Waals surface area (Å²) >= 11 is 0. The van der Waals surface area contributed by atoms with Gasteiger partial charge in [-0.1, -0.05) is 18.2 Å². The molecule has 5 heteroatoms. The minimum absolute atomic E-state index is 0.121. The Labute approximate surface area is 127 Å². The molecule has 0 atom stereocenters. The number of hydrogen-bond donors (Lipinski definition) is 1. The Bertz CT molecular complexity index is 808. The molecular weight excluding hydrogens is 281 g/mol. The second kappa shape index (κ2) is 5.97. The van der Waals surface area contributed by atoms with Gasteiger partial charge >= 0.3 is 0 Å². The topological polar surface area (TPSA) is 46.9 Å². The van der Waals surface area contributed by atoms with E-state index in [-0.39, 0.29) is 11.7 Å². The number of hydrogen-bond acceptors (Lipinski definition) is 2. The van der Waals surface area contributed by atoms with Crippen LogP contribution in [0.2, 0.25) is 0 Å². The summed E-state index contributed by atoms with van der Waals surface area (Å²) < 4.78 is 14.7. The SMILES string of the molecule is Cc1cccc2cnn(CCC(=O)Nc3ccc(F)cc3)c12. The Balaban J connectivity index is 1.66. The molecule has 4 nitrogen and oxygen atoms in total. The van der Waals surface area contributed by atoms with Crippen molar-refractivity contribution in [3.8, 4) is 0 Å². The molecule has 1 N–H and O–H groups in total. The molecule has 0 unspecified atom stereocenters. The lowest BCUT2D eigenvalue weighted by atomic mass is 10.2. The van der Waals surface area contributed by atoms with E-state index in [4.69, 9.17) is 0 Å². The van der Waals surface area contributed by atoms with Crippen LogP contribution in [-0.4, -0.2) is 15.7 Å². The number of halogens is 1. The van der Waals surface area contributed by atoms with Gasteiger partial charge in [0, 0.05) is 17.5 Å². The average molecular weight is 297 g/mol. The first-order valence-corrected chi connectivity index (χ1v) is 7.10. The van der Waals surface area contributed by atoms with Crippen LogP contribution in [-0.2, 0) is 11.3 Å². The number of nitrogens with zero attached hydrogens (tertiary/aromatic N) is 2. The lowest BCUT2D eigenvalue weighted by Gasteiger charge is -2.07. The highest BCUT2D eigenvalue weighted by Gasteiger charge is 2.08. The molecule has 112 valence electrons. The van der Waals surface area contributed by atoms with Crippen LogP contribution in [0.5, 0.6) is 0 Å². The number of aryl methyl sites for hydroxylation is 2. The summed E-state index contributed by atoms with van der Waals surface area (Å²) in [5.41, 5.74) is 2.78. The first-order valence-electron chi connectivity index (χ1n) is 7.10. The number of carbonyl (C=O) groups is 1. The van der Waals surface area contributed by atoms with Crippen LogP contribution in [0.1, 0.15) is 12.0 Å². The molecule has 3 aromatic rings. The van der Waals surface area contributed by atoms with Gasteiger partial charge in [-0.25, -0.2) is 4.39 Å². The fraction of sp³-hybridized carbons (Fsp3) is 0.176. The Hall–Kier alpha value is -2.69. The fourth-order valence-corrected chi connectivity index (χ4v) is 2.46. The van der Waals surface area contributed by atoms with Crippen molar-refractivity contribution in [2.45, 2.75) is 19.9 Å². The minimum Gasteiger partial charge on any atom is -0.326 e. The standard InChI is InChI=1S/C17H16FN3O/c1-12-3-2-4-13-11-19-21(17(12)13)10-9-16(22)20-15-7-5-14(18)6-8-15/h2-8,11H,9-10H2,1H3,(H,20,22). The molecule has 0 fully saturated rings. The maximum Gasteiger partial charge on any atom is 0.226 e. The van der Waals surface area contributed by atoms with Gasteiger partial charge in [-0.2, -0.15) is 5.10 Å². The highest BCUT2D eigenvalue weighted by molar-refractivity contribution is 5.90. The van der Waals surface area contributed by atoms with E-state index in [1.807, 2.05) is 29.8 Å². The van der Waals surface area contributed by atoms with Gasteiger partial charge in [-0.3, -0.25) is 9.48 Å². The maximum absolute atomic E-state index is 12.8. The lowest BCUT2D eigenvalue weighted by molar-refractivity contribution is -0.116. The second-order valence-corrected chi connectivity index (χ2v) is 5.19. The molecule has 0 radical (unpaired) electrons. The van der Waals surface area contributed by atoms with Crippen LogP contribution < -0.4 is 5.32 Å². The number of carbonyl (C=O) groups excluding carboxylic acids is 1. The number of benzene rings is 2. The van der Waals surface area contributed by atoms with Crippen LogP contribution in [0, 0.1) is 12.7 Å². The molecule has 2 aromatic carbocycles. The Morgan fingerprint density at radius 2 is 2.00 bits per heavy atom. The molecular formula is C17H16FN3O. The molecule has 1 heterocycles. The Morgan fingerprint density at radius 1 is 1.23 bits per heavy atom. The lowest BCUT2D eigenvalue weighted by Crippen LogP contribution is -2.15. The van der Waals surface area contributed by atoms with Crippen molar-refractivity contribution in [2.75, 3.05) is 5.32 Å². The molecule has 0 aliphatic rings. The van der Waals surface area contributed by atoms with Crippen molar-refractivity contribution in [1.82, 2.24) is 9.78 Å². The number of fused-ring (bicyclic) bond motifs is 1. The van der Waals surface area contributed by atoms with Gasteiger partial charge in [0.15, 0.2) is 0 Å². The van der Waals surface area contributed by atoms with Gasteiger partial charge in [-0.15, -0.1) is 0 Å². The van der Waals surface area contributed by atoms with Crippen molar-refractivity contribution in [1.29, 1.82) is 0 Å². The zero-order valence-electron chi connectivity index (χ0n) is 12.2. The third-order valence-corrected chi connectivity index (χ3v) is 3.54. The van der Waals surface area contributed by atoms with E-state index in [0.717, 1.165) is 16.5 Å². The number of aromatic nitrogens is 2. The van der Waals surface area contributed by atoms with Crippen molar-refractivity contribution < 1.29 is 9.18 Å². The van der Waals surface area contributed by atoms with Gasteiger partial charge in [0.05, 0.1) is 18.3 Å². The van der Waals surface area contributed by atoms with E-state index in [0.29, 0.717) is 18.7 Å². The molecule has 0 saturated heterocycles. The summed E-state index contributed by atoms with van der Waals surface area (Å²) in [6.45, 7) is 2.53. The number of nitrogens with one attached hydrogen (secondary N) is 1. The molecule has 0 aliphatic heterocycles. The summed E-state index contributed by atoms with van der Waals surface area (Å²) in [6, 6.07) is 11.7. The predicted molar refractivity (Wildman–Crippen MR) is 84.1 cm³/mol. The smallest absolute Gasteiger partial charge is 0.226 e. The van der Waals surface area contributed by atoms with E-state index >= 15 is 0 Å². The van der Waals surface area contributed by atoms with Gasteiger partial charge < -0.3 is 5.32 Å². The fourth-order valence-electron chi connectivity index (χ4n) is 2.46. The van der Waals surface area contributed by atoms with Gasteiger partial charge in [0.2, 0.25) is 5.91 Å². The number of anilines is 1. The monoisotopic (exact) mass is 297 g/mol. The first kappa shape index (κ1) is 14.3. The highest BCUT2D eigenvalue weighted by atomic mass is 19.1. The molecule has 22 heavy (non-hydrogen) atoms. The zero-order valence-corrected chi connectivity index (χ0v) is 12.2. The number of para-hydroxylation sites is 1. The summed E-state index contributed by atoms with van der Waals surface area (Å²) in [5.74, 6) is -0.444. The summed E-state index contributed by atoms with van der Waals surface area (Å²) in [5, 5.41) is 8.15. The maximum atomic E-state index is 12.8. The van der Waals surface area contributed by atoms with Crippen LogP contribution in [0.15, 0.2) is 48.7 Å². The first-order chi connectivity index (χ1) is 10.6. The van der Waals surface area contributed by atoms with Crippen molar-refractivity contribution in [3.05, 3.63) is 60.0 Å². The largest absolute Gasteiger partial charge is 0.326 e. The quantitative estimate of drug-likeness (QED) is 0.801. The third-order valence-electron chi connectivity index (χ3n) is 3.54. The Kier molecular flexibility index (Phi) is 3.87. The second-order valence-electron chi connectivity index (χ2n) is 5.19. The number of rotatable bonds is 4. The minimum atomic E-state index is -0.323. The van der Waals surface area contributed by atoms with Gasteiger partial charge in [0.25, 0.3) is 0 Å². The van der Waals surface area contributed by atoms with Crippen LogP contribution in [0.3, 0.4) is 0 Å². The van der Waals surface area contributed by atoms with Crippen LogP contribution in [0.25, 0.3) is 10.9 Å². The van der Waals surface area contributed by atoms with E-state index in [2.05, 4.69) is 10.4 Å². The van der Waals surface area contributed by atoms with Crippen LogP contribution in [0.4, 0.5) is 10.1 Å². The van der Waals surface area contributed by atoms with Crippen molar-refractivity contribution >= 4 is 22.5 Å². The van der Waals surface area contributed by atoms with E-state index in [9.17, 15) is 9.18 Å². The van der Waals surface area contributed by atoms with Gasteiger partial charge in [-0.05, 0) is 36.8 Å². The number of amides is 1. The summed E-state index contributed by atoms with van der Waals surface area (Å²) in [4.78, 5) is 12.0. The predicted octanol–water partition coefficient (Wildman–Crippen LogP) is 3.51. The molecule has 0 aliphatic carbocycles. The normalized spacial score (nSPS) is 10.8.